The Kier molecular flexibility index (Phi) is 3.95. The zero-order valence-corrected chi connectivity index (χ0v) is 11.9. The summed E-state index contributed by atoms with van der Waals surface area (Å²) >= 11 is 1.46. The normalized spacial score (nSPS) is 15.7. The van der Waals surface area contributed by atoms with Crippen LogP contribution in [-0.2, 0) is 0 Å². The van der Waals surface area contributed by atoms with Crippen molar-refractivity contribution in [2.24, 2.45) is 0 Å². The minimum atomic E-state index is -0.0192. The van der Waals surface area contributed by atoms with Crippen LogP contribution in [0.3, 0.4) is 0 Å². The van der Waals surface area contributed by atoms with Crippen molar-refractivity contribution in [2.75, 3.05) is 13.1 Å². The molecule has 1 aliphatic heterocycles. The third-order valence-corrected chi connectivity index (χ3v) is 4.17. The van der Waals surface area contributed by atoms with Gasteiger partial charge in [0.1, 0.15) is 0 Å². The van der Waals surface area contributed by atoms with E-state index in [9.17, 15) is 4.79 Å². The number of hydrogen-bond donors (Lipinski definition) is 1. The molecule has 20 heavy (non-hydrogen) atoms. The predicted molar refractivity (Wildman–Crippen MR) is 82.4 cm³/mol. The van der Waals surface area contributed by atoms with Crippen LogP contribution in [0.25, 0.3) is 5.57 Å². The Morgan fingerprint density at radius 1 is 1.15 bits per heavy atom. The maximum atomic E-state index is 12.1. The molecule has 0 saturated carbocycles. The van der Waals surface area contributed by atoms with Crippen LogP contribution in [-0.4, -0.2) is 24.0 Å². The van der Waals surface area contributed by atoms with Gasteiger partial charge in [0, 0.05) is 13.1 Å². The summed E-state index contributed by atoms with van der Waals surface area (Å²) < 4.78 is 0. The Morgan fingerprint density at radius 2 is 2.00 bits per heavy atom. The number of nitrogens with one attached hydrogen (secondary N) is 1. The number of rotatable bonds is 3. The molecule has 0 aliphatic carbocycles. The van der Waals surface area contributed by atoms with Crippen molar-refractivity contribution < 1.29 is 4.79 Å². The lowest BCUT2D eigenvalue weighted by Crippen LogP contribution is -2.44. The molecular weight excluding hydrogens is 268 g/mol. The van der Waals surface area contributed by atoms with Gasteiger partial charge in [-0.25, -0.2) is 5.01 Å². The zero-order valence-electron chi connectivity index (χ0n) is 11.1. The second-order valence-electron chi connectivity index (χ2n) is 4.72. The SMILES string of the molecule is O=C(NN1CCC=C(c2ccccc2)C1)c1cccs1. The lowest BCUT2D eigenvalue weighted by Gasteiger charge is -2.27. The van der Waals surface area contributed by atoms with Crippen molar-refractivity contribution in [1.82, 2.24) is 10.4 Å². The molecule has 1 N–H and O–H groups in total. The molecule has 0 saturated heterocycles. The molecular formula is C16H16N2OS. The van der Waals surface area contributed by atoms with Crippen LogP contribution in [0.15, 0.2) is 53.9 Å². The summed E-state index contributed by atoms with van der Waals surface area (Å²) in [5.41, 5.74) is 5.48. The van der Waals surface area contributed by atoms with Gasteiger partial charge in [-0.2, -0.15) is 0 Å². The highest BCUT2D eigenvalue weighted by Gasteiger charge is 2.16. The van der Waals surface area contributed by atoms with E-state index in [-0.39, 0.29) is 5.91 Å². The lowest BCUT2D eigenvalue weighted by atomic mass is 10.0. The molecule has 3 rings (SSSR count). The highest BCUT2D eigenvalue weighted by Crippen LogP contribution is 2.19. The third-order valence-electron chi connectivity index (χ3n) is 3.30. The fourth-order valence-electron chi connectivity index (χ4n) is 2.31. The number of nitrogens with zero attached hydrogens (tertiary/aromatic N) is 1. The van der Waals surface area contributed by atoms with Crippen LogP contribution in [0.5, 0.6) is 0 Å². The molecule has 2 aromatic rings. The molecule has 0 fully saturated rings. The van der Waals surface area contributed by atoms with Crippen LogP contribution < -0.4 is 5.43 Å². The van der Waals surface area contributed by atoms with Gasteiger partial charge in [-0.1, -0.05) is 42.5 Å². The Bertz CT molecular complexity index is 605. The summed E-state index contributed by atoms with van der Waals surface area (Å²) in [5.74, 6) is -0.0192. The monoisotopic (exact) mass is 284 g/mol. The first kappa shape index (κ1) is 13.1. The van der Waals surface area contributed by atoms with E-state index in [1.54, 1.807) is 0 Å². The summed E-state index contributed by atoms with van der Waals surface area (Å²) in [6.45, 7) is 1.61. The summed E-state index contributed by atoms with van der Waals surface area (Å²) in [7, 11) is 0. The molecule has 0 spiro atoms. The number of carbonyl (C=O) groups excluding carboxylic acids is 1. The molecule has 1 aromatic carbocycles. The van der Waals surface area contributed by atoms with Gasteiger partial charge in [-0.3, -0.25) is 10.2 Å². The Hall–Kier alpha value is -1.91. The number of hydrogen-bond acceptors (Lipinski definition) is 3. The Morgan fingerprint density at radius 3 is 2.75 bits per heavy atom. The van der Waals surface area contributed by atoms with Gasteiger partial charge in [0.15, 0.2) is 0 Å². The average Bonchev–Trinajstić information content (AvgIpc) is 3.03. The van der Waals surface area contributed by atoms with Crippen molar-refractivity contribution in [1.29, 1.82) is 0 Å². The van der Waals surface area contributed by atoms with E-state index in [1.807, 2.05) is 40.7 Å². The van der Waals surface area contributed by atoms with Crippen LogP contribution in [0.4, 0.5) is 0 Å². The van der Waals surface area contributed by atoms with Crippen molar-refractivity contribution >= 4 is 22.8 Å². The van der Waals surface area contributed by atoms with Crippen LogP contribution in [0, 0.1) is 0 Å². The molecule has 0 radical (unpaired) electrons. The maximum absolute atomic E-state index is 12.1. The van der Waals surface area contributed by atoms with E-state index in [1.165, 1.54) is 22.5 Å². The van der Waals surface area contributed by atoms with Gasteiger partial charge in [-0.05, 0) is 29.0 Å². The van der Waals surface area contributed by atoms with Gasteiger partial charge in [0.2, 0.25) is 0 Å². The van der Waals surface area contributed by atoms with Crippen molar-refractivity contribution in [3.63, 3.8) is 0 Å². The summed E-state index contributed by atoms with van der Waals surface area (Å²) in [6, 6.07) is 14.1. The third kappa shape index (κ3) is 2.98. The van der Waals surface area contributed by atoms with Gasteiger partial charge in [0.25, 0.3) is 5.91 Å². The van der Waals surface area contributed by atoms with Crippen LogP contribution >= 0.6 is 11.3 Å². The molecule has 2 heterocycles. The highest BCUT2D eigenvalue weighted by molar-refractivity contribution is 7.12. The summed E-state index contributed by atoms with van der Waals surface area (Å²) in [6.07, 6.45) is 3.21. The van der Waals surface area contributed by atoms with E-state index in [4.69, 9.17) is 0 Å². The van der Waals surface area contributed by atoms with Gasteiger partial charge in [0.05, 0.1) is 4.88 Å². The van der Waals surface area contributed by atoms with Gasteiger partial charge >= 0.3 is 0 Å². The van der Waals surface area contributed by atoms with Crippen molar-refractivity contribution in [2.45, 2.75) is 6.42 Å². The summed E-state index contributed by atoms with van der Waals surface area (Å²) in [4.78, 5) is 12.8. The largest absolute Gasteiger partial charge is 0.284 e. The van der Waals surface area contributed by atoms with Gasteiger partial charge < -0.3 is 0 Å². The zero-order chi connectivity index (χ0) is 13.8. The van der Waals surface area contributed by atoms with Crippen LogP contribution in [0.1, 0.15) is 21.7 Å². The van der Waals surface area contributed by atoms with E-state index in [2.05, 4.69) is 23.6 Å². The van der Waals surface area contributed by atoms with E-state index in [0.29, 0.717) is 0 Å². The fraction of sp³-hybridized carbons (Fsp3) is 0.188. The lowest BCUT2D eigenvalue weighted by molar-refractivity contribution is 0.0813. The minimum absolute atomic E-state index is 0.0192. The number of carbonyl (C=O) groups is 1. The molecule has 0 unspecified atom stereocenters. The second-order valence-corrected chi connectivity index (χ2v) is 5.67. The van der Waals surface area contributed by atoms with E-state index >= 15 is 0 Å². The number of benzene rings is 1. The highest BCUT2D eigenvalue weighted by atomic mass is 32.1. The van der Waals surface area contributed by atoms with Crippen molar-refractivity contribution in [3.05, 3.63) is 64.4 Å². The minimum Gasteiger partial charge on any atom is -0.284 e. The molecule has 1 aromatic heterocycles. The standard InChI is InChI=1S/C16H16N2OS/c19-16(15-9-5-11-20-15)17-18-10-4-8-14(12-18)13-6-2-1-3-7-13/h1-3,5-9,11H,4,10,12H2,(H,17,19). The van der Waals surface area contributed by atoms with Crippen LogP contribution in [0.2, 0.25) is 0 Å². The Balaban J connectivity index is 1.66. The predicted octanol–water partition coefficient (Wildman–Crippen LogP) is 3.18. The molecule has 1 aliphatic rings. The number of hydrazine groups is 1. The van der Waals surface area contributed by atoms with E-state index in [0.717, 1.165) is 24.4 Å². The smallest absolute Gasteiger partial charge is 0.275 e. The molecule has 3 nitrogen and oxygen atoms in total. The van der Waals surface area contributed by atoms with E-state index < -0.39 is 0 Å². The summed E-state index contributed by atoms with van der Waals surface area (Å²) in [5, 5.41) is 3.91. The fourth-order valence-corrected chi connectivity index (χ4v) is 2.92. The quantitative estimate of drug-likeness (QED) is 0.939. The van der Waals surface area contributed by atoms with Gasteiger partial charge in [-0.15, -0.1) is 11.3 Å². The molecule has 0 bridgehead atoms. The maximum Gasteiger partial charge on any atom is 0.275 e. The molecule has 0 atom stereocenters. The Labute approximate surface area is 122 Å². The molecule has 4 heteroatoms. The molecule has 1 amide bonds. The first-order valence-corrected chi connectivity index (χ1v) is 7.55. The second kappa shape index (κ2) is 6.03. The molecule has 102 valence electrons. The number of thiophene rings is 1. The first-order chi connectivity index (χ1) is 9.83. The number of amides is 1. The first-order valence-electron chi connectivity index (χ1n) is 6.67. The topological polar surface area (TPSA) is 32.3 Å². The van der Waals surface area contributed by atoms with Crippen molar-refractivity contribution in [3.8, 4) is 0 Å². The average molecular weight is 284 g/mol.